The zero-order valence-corrected chi connectivity index (χ0v) is 28.3. The van der Waals surface area contributed by atoms with E-state index in [2.05, 4.69) is 43.5 Å². The van der Waals surface area contributed by atoms with Crippen molar-refractivity contribution in [2.24, 2.45) is 5.73 Å². The number of carbonyl (C=O) groups is 1. The van der Waals surface area contributed by atoms with E-state index in [1.54, 1.807) is 6.08 Å². The number of unbranched alkanes of at least 4 members (excludes halogenated alkanes) is 15. The molecule has 0 aromatic rings. The predicted octanol–water partition coefficient (Wildman–Crippen LogP) is 8.43. The van der Waals surface area contributed by atoms with E-state index in [9.17, 15) is 19.4 Å². The number of aliphatic hydroxyl groups excluding tert-OH is 1. The first-order valence-corrected chi connectivity index (χ1v) is 18.6. The van der Waals surface area contributed by atoms with Gasteiger partial charge in [-0.1, -0.05) is 121 Å². The summed E-state index contributed by atoms with van der Waals surface area (Å²) in [5, 5.41) is 13.5. The molecule has 43 heavy (non-hydrogen) atoms. The first-order chi connectivity index (χ1) is 20.9. The minimum absolute atomic E-state index is 0.0718. The highest BCUT2D eigenvalue weighted by molar-refractivity contribution is 7.47. The van der Waals surface area contributed by atoms with Gasteiger partial charge in [0.25, 0.3) is 0 Å². The molecule has 0 saturated heterocycles. The van der Waals surface area contributed by atoms with Gasteiger partial charge in [-0.25, -0.2) is 4.57 Å². The normalized spacial score (nSPS) is 15.0. The molecule has 0 spiro atoms. The molecule has 252 valence electrons. The van der Waals surface area contributed by atoms with Crippen molar-refractivity contribution in [2.45, 2.75) is 154 Å². The molecule has 0 fully saturated rings. The summed E-state index contributed by atoms with van der Waals surface area (Å²) in [6.45, 7) is 4.00. The summed E-state index contributed by atoms with van der Waals surface area (Å²) in [6, 6.07) is -0.876. The van der Waals surface area contributed by atoms with Gasteiger partial charge in [-0.15, -0.1) is 0 Å². The molecular weight excluding hydrogens is 563 g/mol. The van der Waals surface area contributed by atoms with Crippen LogP contribution in [0.5, 0.6) is 0 Å². The maximum Gasteiger partial charge on any atom is 0.472 e. The van der Waals surface area contributed by atoms with Gasteiger partial charge in [-0.05, 0) is 51.4 Å². The number of phosphoric ester groups is 1. The van der Waals surface area contributed by atoms with E-state index in [0.29, 0.717) is 6.42 Å². The Morgan fingerprint density at radius 3 is 1.86 bits per heavy atom. The van der Waals surface area contributed by atoms with Crippen molar-refractivity contribution < 1.29 is 28.4 Å². The highest BCUT2D eigenvalue weighted by Gasteiger charge is 2.26. The second kappa shape index (κ2) is 30.7. The third-order valence-corrected chi connectivity index (χ3v) is 8.17. The minimum atomic E-state index is -4.33. The molecule has 0 aromatic heterocycles. The third kappa shape index (κ3) is 29.2. The molecule has 1 amide bonds. The zero-order chi connectivity index (χ0) is 31.9. The summed E-state index contributed by atoms with van der Waals surface area (Å²) in [6.07, 6.45) is 33.5. The maximum atomic E-state index is 12.6. The van der Waals surface area contributed by atoms with Crippen LogP contribution in [0.1, 0.15) is 142 Å². The van der Waals surface area contributed by atoms with Crippen LogP contribution < -0.4 is 11.1 Å². The molecular formula is C34H65N2O6P. The van der Waals surface area contributed by atoms with Gasteiger partial charge in [0, 0.05) is 13.0 Å². The standard InChI is InChI=1S/C34H65N2O6P/c1-3-5-7-9-11-13-14-15-16-17-18-19-20-22-24-26-28-34(38)36-32(31-42-43(39,40)41-30-29-35)33(37)27-25-23-21-12-10-8-6-4-2/h10,12,16-17,25,27,32-33,37H,3-9,11,13-15,18-24,26,28-31,35H2,1-2H3,(H,36,38)(H,39,40)/b12-10+,17-16-,27-25+. The van der Waals surface area contributed by atoms with E-state index >= 15 is 0 Å². The van der Waals surface area contributed by atoms with Crippen molar-refractivity contribution in [3.05, 3.63) is 36.5 Å². The molecule has 0 aliphatic rings. The van der Waals surface area contributed by atoms with Crippen molar-refractivity contribution in [1.82, 2.24) is 5.32 Å². The first kappa shape index (κ1) is 41.7. The molecule has 0 rings (SSSR count). The summed E-state index contributed by atoms with van der Waals surface area (Å²) < 4.78 is 21.9. The van der Waals surface area contributed by atoms with Crippen molar-refractivity contribution >= 4 is 13.7 Å². The molecule has 0 aliphatic carbocycles. The first-order valence-electron chi connectivity index (χ1n) is 17.1. The fourth-order valence-electron chi connectivity index (χ4n) is 4.54. The van der Waals surface area contributed by atoms with Crippen molar-refractivity contribution in [3.63, 3.8) is 0 Å². The summed E-state index contributed by atoms with van der Waals surface area (Å²) in [7, 11) is -4.33. The zero-order valence-electron chi connectivity index (χ0n) is 27.4. The van der Waals surface area contributed by atoms with Crippen LogP contribution in [-0.4, -0.2) is 47.8 Å². The lowest BCUT2D eigenvalue weighted by molar-refractivity contribution is -0.123. The molecule has 0 saturated carbocycles. The Labute approximate surface area is 263 Å². The minimum Gasteiger partial charge on any atom is -0.387 e. The Morgan fingerprint density at radius 2 is 1.26 bits per heavy atom. The Hall–Kier alpha value is -1.28. The molecule has 0 heterocycles. The molecule has 3 unspecified atom stereocenters. The van der Waals surface area contributed by atoms with E-state index in [-0.39, 0.29) is 25.7 Å². The lowest BCUT2D eigenvalue weighted by atomic mass is 10.1. The summed E-state index contributed by atoms with van der Waals surface area (Å²) in [5.74, 6) is -0.219. The Morgan fingerprint density at radius 1 is 0.744 bits per heavy atom. The van der Waals surface area contributed by atoms with Gasteiger partial charge < -0.3 is 21.1 Å². The van der Waals surface area contributed by atoms with Crippen LogP contribution in [0, 0.1) is 0 Å². The average Bonchev–Trinajstić information content (AvgIpc) is 2.99. The Balaban J connectivity index is 4.32. The maximum absolute atomic E-state index is 12.6. The summed E-state index contributed by atoms with van der Waals surface area (Å²) >= 11 is 0. The summed E-state index contributed by atoms with van der Waals surface area (Å²) in [4.78, 5) is 22.4. The summed E-state index contributed by atoms with van der Waals surface area (Å²) in [5.41, 5.74) is 5.33. The highest BCUT2D eigenvalue weighted by Crippen LogP contribution is 2.43. The van der Waals surface area contributed by atoms with Crippen LogP contribution in [0.4, 0.5) is 0 Å². The van der Waals surface area contributed by atoms with Crippen molar-refractivity contribution in [1.29, 1.82) is 0 Å². The van der Waals surface area contributed by atoms with Gasteiger partial charge in [0.2, 0.25) is 5.91 Å². The fourth-order valence-corrected chi connectivity index (χ4v) is 5.30. The smallest absolute Gasteiger partial charge is 0.387 e. The Bertz CT molecular complexity index is 774. The van der Waals surface area contributed by atoms with Gasteiger partial charge in [0.1, 0.15) is 0 Å². The number of carbonyl (C=O) groups excluding carboxylic acids is 1. The second-order valence-corrected chi connectivity index (χ2v) is 12.8. The van der Waals surface area contributed by atoms with E-state index in [4.69, 9.17) is 14.8 Å². The predicted molar refractivity (Wildman–Crippen MR) is 180 cm³/mol. The van der Waals surface area contributed by atoms with E-state index in [1.807, 2.05) is 6.08 Å². The van der Waals surface area contributed by atoms with E-state index in [1.165, 1.54) is 70.6 Å². The molecule has 0 radical (unpaired) electrons. The number of nitrogens with one attached hydrogen (secondary N) is 1. The highest BCUT2D eigenvalue weighted by atomic mass is 31.2. The molecule has 0 bridgehead atoms. The van der Waals surface area contributed by atoms with Gasteiger partial charge >= 0.3 is 7.82 Å². The molecule has 0 aliphatic heterocycles. The van der Waals surface area contributed by atoms with Crippen LogP contribution >= 0.6 is 7.82 Å². The molecule has 5 N–H and O–H groups in total. The lowest BCUT2D eigenvalue weighted by Crippen LogP contribution is -2.45. The van der Waals surface area contributed by atoms with Gasteiger partial charge in [-0.2, -0.15) is 0 Å². The molecule has 8 nitrogen and oxygen atoms in total. The SMILES string of the molecule is CCCC/C=C/CC/C=C/C(O)C(COP(=O)(O)OCCN)NC(=O)CCCCCCC/C=C\CCCCCCCCC. The molecule has 9 heteroatoms. The van der Waals surface area contributed by atoms with Crippen LogP contribution in [-0.2, 0) is 18.4 Å². The number of hydrogen-bond acceptors (Lipinski definition) is 6. The van der Waals surface area contributed by atoms with E-state index in [0.717, 1.165) is 51.4 Å². The third-order valence-electron chi connectivity index (χ3n) is 7.19. The second-order valence-electron chi connectivity index (χ2n) is 11.4. The number of rotatable bonds is 31. The van der Waals surface area contributed by atoms with Crippen LogP contribution in [0.15, 0.2) is 36.5 Å². The van der Waals surface area contributed by atoms with E-state index < -0.39 is 20.0 Å². The number of amides is 1. The largest absolute Gasteiger partial charge is 0.472 e. The average molecular weight is 629 g/mol. The van der Waals surface area contributed by atoms with Crippen LogP contribution in [0.2, 0.25) is 0 Å². The monoisotopic (exact) mass is 628 g/mol. The Kier molecular flexibility index (Phi) is 29.8. The van der Waals surface area contributed by atoms with Crippen molar-refractivity contribution in [3.8, 4) is 0 Å². The number of phosphoric acid groups is 1. The topological polar surface area (TPSA) is 131 Å². The number of hydrogen-bond donors (Lipinski definition) is 4. The number of nitrogens with two attached hydrogens (primary N) is 1. The lowest BCUT2D eigenvalue weighted by Gasteiger charge is -2.23. The quantitative estimate of drug-likeness (QED) is 0.0344. The van der Waals surface area contributed by atoms with Crippen molar-refractivity contribution in [2.75, 3.05) is 19.8 Å². The van der Waals surface area contributed by atoms with Gasteiger partial charge in [-0.3, -0.25) is 13.8 Å². The molecule has 0 aromatic carbocycles. The van der Waals surface area contributed by atoms with Crippen LogP contribution in [0.3, 0.4) is 0 Å². The fraction of sp³-hybridized carbons (Fsp3) is 0.794. The number of aliphatic hydroxyl groups is 1. The van der Waals surface area contributed by atoms with Crippen LogP contribution in [0.25, 0.3) is 0 Å². The van der Waals surface area contributed by atoms with Gasteiger partial charge in [0.05, 0.1) is 25.4 Å². The number of allylic oxidation sites excluding steroid dienone is 5. The van der Waals surface area contributed by atoms with Gasteiger partial charge in [0.15, 0.2) is 0 Å². The molecule has 3 atom stereocenters.